The average molecular weight is 338 g/mol. The standard InChI is InChI=1S/C15H16BrNOS/c1-10-3-4-11(2)12(7-10)9-19(18)15-6-5-13(17)8-14(15)16/h3-8H,9,17H2,1-2H3. The van der Waals surface area contributed by atoms with Crippen molar-refractivity contribution in [2.45, 2.75) is 24.5 Å². The molecule has 0 saturated heterocycles. The first-order valence-electron chi connectivity index (χ1n) is 5.97. The van der Waals surface area contributed by atoms with Crippen molar-refractivity contribution in [3.63, 3.8) is 0 Å². The third-order valence-electron chi connectivity index (χ3n) is 2.99. The number of aryl methyl sites for hydroxylation is 2. The highest BCUT2D eigenvalue weighted by Crippen LogP contribution is 2.25. The van der Waals surface area contributed by atoms with E-state index in [1.807, 2.05) is 19.9 Å². The highest BCUT2D eigenvalue weighted by molar-refractivity contribution is 9.10. The Balaban J connectivity index is 2.28. The van der Waals surface area contributed by atoms with Gasteiger partial charge in [-0.15, -0.1) is 0 Å². The van der Waals surface area contributed by atoms with E-state index >= 15 is 0 Å². The molecule has 0 heterocycles. The van der Waals surface area contributed by atoms with Crippen molar-refractivity contribution in [2.24, 2.45) is 0 Å². The fourth-order valence-corrected chi connectivity index (χ4v) is 4.06. The number of benzene rings is 2. The zero-order valence-electron chi connectivity index (χ0n) is 10.9. The third kappa shape index (κ3) is 3.45. The summed E-state index contributed by atoms with van der Waals surface area (Å²) >= 11 is 3.42. The van der Waals surface area contributed by atoms with E-state index in [9.17, 15) is 4.21 Å². The molecular formula is C15H16BrNOS. The minimum atomic E-state index is -1.08. The second kappa shape index (κ2) is 5.88. The van der Waals surface area contributed by atoms with Gasteiger partial charge < -0.3 is 5.73 Å². The summed E-state index contributed by atoms with van der Waals surface area (Å²) in [6.07, 6.45) is 0. The second-order valence-corrected chi connectivity index (χ2v) is 6.88. The minimum Gasteiger partial charge on any atom is -0.399 e. The molecule has 1 atom stereocenters. The van der Waals surface area contributed by atoms with E-state index in [2.05, 4.69) is 34.1 Å². The fraction of sp³-hybridized carbons (Fsp3) is 0.200. The summed E-state index contributed by atoms with van der Waals surface area (Å²) in [5.41, 5.74) is 9.85. The van der Waals surface area contributed by atoms with Gasteiger partial charge in [0.1, 0.15) is 0 Å². The van der Waals surface area contributed by atoms with E-state index in [0.29, 0.717) is 11.4 Å². The van der Waals surface area contributed by atoms with Crippen LogP contribution in [-0.2, 0) is 16.6 Å². The Morgan fingerprint density at radius 1 is 1.16 bits per heavy atom. The molecule has 19 heavy (non-hydrogen) atoms. The van der Waals surface area contributed by atoms with Gasteiger partial charge in [0.15, 0.2) is 0 Å². The lowest BCUT2D eigenvalue weighted by Gasteiger charge is -2.09. The molecule has 1 unspecified atom stereocenters. The molecule has 2 aromatic carbocycles. The molecule has 100 valence electrons. The Kier molecular flexibility index (Phi) is 4.42. The molecule has 0 aliphatic heterocycles. The second-order valence-electron chi connectivity index (χ2n) is 4.61. The zero-order chi connectivity index (χ0) is 14.0. The largest absolute Gasteiger partial charge is 0.399 e. The maximum Gasteiger partial charge on any atom is 0.0585 e. The molecule has 4 heteroatoms. The lowest BCUT2D eigenvalue weighted by molar-refractivity contribution is 0.682. The van der Waals surface area contributed by atoms with Crippen LogP contribution in [0.1, 0.15) is 16.7 Å². The molecule has 2 rings (SSSR count). The van der Waals surface area contributed by atoms with Crippen LogP contribution in [0.5, 0.6) is 0 Å². The molecule has 2 N–H and O–H groups in total. The van der Waals surface area contributed by atoms with Crippen LogP contribution in [0.2, 0.25) is 0 Å². The monoisotopic (exact) mass is 337 g/mol. The maximum atomic E-state index is 12.5. The van der Waals surface area contributed by atoms with Gasteiger partial charge in [0.25, 0.3) is 0 Å². The van der Waals surface area contributed by atoms with Gasteiger partial charge >= 0.3 is 0 Å². The first kappa shape index (κ1) is 14.3. The number of nitrogen functional groups attached to an aromatic ring is 1. The summed E-state index contributed by atoms with van der Waals surface area (Å²) in [5, 5.41) is 0. The van der Waals surface area contributed by atoms with Crippen LogP contribution in [0, 0.1) is 13.8 Å². The molecule has 0 fully saturated rings. The van der Waals surface area contributed by atoms with Gasteiger partial charge in [0.05, 0.1) is 21.4 Å². The molecule has 0 aliphatic rings. The Bertz CT molecular complexity index is 640. The van der Waals surface area contributed by atoms with Crippen molar-refractivity contribution in [3.8, 4) is 0 Å². The molecule has 0 spiro atoms. The predicted octanol–water partition coefficient (Wildman–Crippen LogP) is 3.96. The number of hydrogen-bond donors (Lipinski definition) is 1. The SMILES string of the molecule is Cc1ccc(C)c(CS(=O)c2ccc(N)cc2Br)c1. The van der Waals surface area contributed by atoms with Crippen molar-refractivity contribution < 1.29 is 4.21 Å². The van der Waals surface area contributed by atoms with Crippen LogP contribution >= 0.6 is 15.9 Å². The van der Waals surface area contributed by atoms with Crippen LogP contribution in [0.3, 0.4) is 0 Å². The first-order chi connectivity index (χ1) is 8.97. The van der Waals surface area contributed by atoms with E-state index in [4.69, 9.17) is 5.73 Å². The topological polar surface area (TPSA) is 43.1 Å². The van der Waals surface area contributed by atoms with Crippen LogP contribution in [-0.4, -0.2) is 4.21 Å². The highest BCUT2D eigenvalue weighted by Gasteiger charge is 2.11. The Hall–Kier alpha value is -1.13. The van der Waals surface area contributed by atoms with Gasteiger partial charge in [-0.05, 0) is 59.1 Å². The normalized spacial score (nSPS) is 12.4. The molecule has 0 aromatic heterocycles. The van der Waals surface area contributed by atoms with Gasteiger partial charge in [-0.3, -0.25) is 4.21 Å². The molecule has 0 aliphatic carbocycles. The average Bonchev–Trinajstić information content (AvgIpc) is 2.33. The zero-order valence-corrected chi connectivity index (χ0v) is 13.3. The lowest BCUT2D eigenvalue weighted by Crippen LogP contribution is -2.00. The Morgan fingerprint density at radius 3 is 2.58 bits per heavy atom. The van der Waals surface area contributed by atoms with Crippen LogP contribution < -0.4 is 5.73 Å². The lowest BCUT2D eigenvalue weighted by atomic mass is 10.1. The van der Waals surface area contributed by atoms with Crippen molar-refractivity contribution in [1.29, 1.82) is 0 Å². The third-order valence-corrected chi connectivity index (χ3v) is 5.33. The summed E-state index contributed by atoms with van der Waals surface area (Å²) in [4.78, 5) is 0.787. The van der Waals surface area contributed by atoms with E-state index < -0.39 is 10.8 Å². The molecular weight excluding hydrogens is 322 g/mol. The van der Waals surface area contributed by atoms with Crippen molar-refractivity contribution in [1.82, 2.24) is 0 Å². The predicted molar refractivity (Wildman–Crippen MR) is 84.6 cm³/mol. The van der Waals surface area contributed by atoms with Crippen LogP contribution in [0.25, 0.3) is 0 Å². The van der Waals surface area contributed by atoms with Gasteiger partial charge in [-0.2, -0.15) is 0 Å². The molecule has 0 saturated carbocycles. The summed E-state index contributed by atoms with van der Waals surface area (Å²) in [6.45, 7) is 4.09. The van der Waals surface area contributed by atoms with Gasteiger partial charge in [0.2, 0.25) is 0 Å². The number of anilines is 1. The van der Waals surface area contributed by atoms with Gasteiger partial charge in [-0.1, -0.05) is 23.8 Å². The smallest absolute Gasteiger partial charge is 0.0585 e. The first-order valence-corrected chi connectivity index (χ1v) is 8.08. The molecule has 2 aromatic rings. The van der Waals surface area contributed by atoms with Crippen molar-refractivity contribution in [2.75, 3.05) is 5.73 Å². The number of nitrogens with two attached hydrogens (primary N) is 1. The van der Waals surface area contributed by atoms with Crippen molar-refractivity contribution in [3.05, 3.63) is 57.6 Å². The van der Waals surface area contributed by atoms with Crippen LogP contribution in [0.15, 0.2) is 45.8 Å². The highest BCUT2D eigenvalue weighted by atomic mass is 79.9. The molecule has 2 nitrogen and oxygen atoms in total. The van der Waals surface area contributed by atoms with E-state index in [1.165, 1.54) is 11.1 Å². The summed E-state index contributed by atoms with van der Waals surface area (Å²) < 4.78 is 13.3. The molecule has 0 radical (unpaired) electrons. The number of halogens is 1. The van der Waals surface area contributed by atoms with Gasteiger partial charge in [-0.25, -0.2) is 0 Å². The van der Waals surface area contributed by atoms with E-state index in [0.717, 1.165) is 14.9 Å². The Labute approximate surface area is 124 Å². The quantitative estimate of drug-likeness (QED) is 0.861. The van der Waals surface area contributed by atoms with Gasteiger partial charge in [0, 0.05) is 10.2 Å². The Morgan fingerprint density at radius 2 is 1.89 bits per heavy atom. The summed E-state index contributed by atoms with van der Waals surface area (Å²) in [6, 6.07) is 11.6. The minimum absolute atomic E-state index is 0.524. The molecule has 0 bridgehead atoms. The van der Waals surface area contributed by atoms with Crippen molar-refractivity contribution >= 4 is 32.4 Å². The van der Waals surface area contributed by atoms with E-state index in [1.54, 1.807) is 12.1 Å². The maximum absolute atomic E-state index is 12.5. The van der Waals surface area contributed by atoms with Crippen LogP contribution in [0.4, 0.5) is 5.69 Å². The summed E-state index contributed by atoms with van der Waals surface area (Å²) in [5.74, 6) is 0.524. The summed E-state index contributed by atoms with van der Waals surface area (Å²) in [7, 11) is -1.08. The van der Waals surface area contributed by atoms with E-state index in [-0.39, 0.29) is 0 Å². The number of hydrogen-bond acceptors (Lipinski definition) is 2. The number of rotatable bonds is 3. The molecule has 0 amide bonds. The fourth-order valence-electron chi connectivity index (χ4n) is 1.88.